The minimum atomic E-state index is -0.130. The standard InChI is InChI=1S/C24H30N4O/c1-27-17-22(16-26-27)24(19-7-3-2-4-8-19)25-15-20-9-5-6-10-21(20)18-28-13-11-23(29)12-14-28/h2-10,16-17,23-25,29H,11-15,18H2,1H3. The average Bonchev–Trinajstić information content (AvgIpc) is 3.18. The molecule has 1 aromatic heterocycles. The Morgan fingerprint density at radius 1 is 1.00 bits per heavy atom. The van der Waals surface area contributed by atoms with E-state index in [2.05, 4.69) is 76.1 Å². The molecular formula is C24H30N4O. The van der Waals surface area contributed by atoms with Gasteiger partial charge in [0.05, 0.1) is 18.3 Å². The topological polar surface area (TPSA) is 53.3 Å². The smallest absolute Gasteiger partial charge is 0.0610 e. The van der Waals surface area contributed by atoms with Crippen molar-refractivity contribution in [1.29, 1.82) is 0 Å². The highest BCUT2D eigenvalue weighted by Gasteiger charge is 2.19. The first-order valence-corrected chi connectivity index (χ1v) is 10.4. The molecule has 1 aliphatic rings. The summed E-state index contributed by atoms with van der Waals surface area (Å²) in [7, 11) is 1.95. The van der Waals surface area contributed by atoms with Crippen LogP contribution in [0.15, 0.2) is 67.0 Å². The van der Waals surface area contributed by atoms with E-state index < -0.39 is 0 Å². The fourth-order valence-corrected chi connectivity index (χ4v) is 4.08. The molecule has 1 fully saturated rings. The third kappa shape index (κ3) is 5.12. The molecule has 0 amide bonds. The lowest BCUT2D eigenvalue weighted by Crippen LogP contribution is -2.35. The first kappa shape index (κ1) is 19.8. The van der Waals surface area contributed by atoms with Crippen molar-refractivity contribution in [2.75, 3.05) is 13.1 Å². The molecule has 3 aromatic rings. The van der Waals surface area contributed by atoms with Gasteiger partial charge in [-0.05, 0) is 29.5 Å². The molecule has 29 heavy (non-hydrogen) atoms. The quantitative estimate of drug-likeness (QED) is 0.650. The van der Waals surface area contributed by atoms with Crippen molar-refractivity contribution in [2.45, 2.75) is 38.1 Å². The van der Waals surface area contributed by atoms with Gasteiger partial charge in [0, 0.05) is 45.0 Å². The first-order valence-electron chi connectivity index (χ1n) is 10.4. The second-order valence-electron chi connectivity index (χ2n) is 7.95. The fraction of sp³-hybridized carbons (Fsp3) is 0.375. The van der Waals surface area contributed by atoms with Crippen LogP contribution in [0, 0.1) is 0 Å². The van der Waals surface area contributed by atoms with Gasteiger partial charge in [0.1, 0.15) is 0 Å². The molecule has 2 aromatic carbocycles. The summed E-state index contributed by atoms with van der Waals surface area (Å²) in [4.78, 5) is 2.45. The largest absolute Gasteiger partial charge is 0.393 e. The molecule has 1 atom stereocenters. The predicted molar refractivity (Wildman–Crippen MR) is 115 cm³/mol. The van der Waals surface area contributed by atoms with Crippen LogP contribution in [0.3, 0.4) is 0 Å². The lowest BCUT2D eigenvalue weighted by molar-refractivity contribution is 0.0791. The van der Waals surface area contributed by atoms with Gasteiger partial charge in [-0.2, -0.15) is 5.10 Å². The molecule has 1 aliphatic heterocycles. The number of hydrogen-bond donors (Lipinski definition) is 2. The Kier molecular flexibility index (Phi) is 6.39. The van der Waals surface area contributed by atoms with Gasteiger partial charge in [-0.1, -0.05) is 54.6 Å². The number of benzene rings is 2. The zero-order valence-electron chi connectivity index (χ0n) is 17.0. The Morgan fingerprint density at radius 2 is 1.69 bits per heavy atom. The fourth-order valence-electron chi connectivity index (χ4n) is 4.08. The highest BCUT2D eigenvalue weighted by atomic mass is 16.3. The zero-order chi connectivity index (χ0) is 20.1. The summed E-state index contributed by atoms with van der Waals surface area (Å²) in [6.07, 6.45) is 5.63. The van der Waals surface area contributed by atoms with E-state index in [-0.39, 0.29) is 12.1 Å². The molecule has 0 aliphatic carbocycles. The number of likely N-dealkylation sites (tertiary alicyclic amines) is 1. The molecule has 0 radical (unpaired) electrons. The van der Waals surface area contributed by atoms with Gasteiger partial charge in [-0.3, -0.25) is 9.58 Å². The van der Waals surface area contributed by atoms with Crippen LogP contribution in [-0.2, 0) is 20.1 Å². The van der Waals surface area contributed by atoms with Crippen molar-refractivity contribution in [3.63, 3.8) is 0 Å². The van der Waals surface area contributed by atoms with Crippen molar-refractivity contribution in [1.82, 2.24) is 20.0 Å². The summed E-state index contributed by atoms with van der Waals surface area (Å²) in [6.45, 7) is 3.66. The van der Waals surface area contributed by atoms with Crippen LogP contribution in [0.4, 0.5) is 0 Å². The van der Waals surface area contributed by atoms with E-state index in [1.807, 2.05) is 17.9 Å². The number of nitrogens with one attached hydrogen (secondary N) is 1. The molecule has 0 spiro atoms. The Balaban J connectivity index is 1.49. The summed E-state index contributed by atoms with van der Waals surface area (Å²) in [6, 6.07) is 19.3. The lowest BCUT2D eigenvalue weighted by Gasteiger charge is -2.30. The van der Waals surface area contributed by atoms with Crippen LogP contribution >= 0.6 is 0 Å². The molecule has 5 nitrogen and oxygen atoms in total. The van der Waals surface area contributed by atoms with Gasteiger partial charge >= 0.3 is 0 Å². The number of piperidine rings is 1. The third-order valence-corrected chi connectivity index (χ3v) is 5.76. The van der Waals surface area contributed by atoms with Gasteiger partial charge in [-0.15, -0.1) is 0 Å². The van der Waals surface area contributed by atoms with Gasteiger partial charge < -0.3 is 10.4 Å². The van der Waals surface area contributed by atoms with E-state index in [9.17, 15) is 5.11 Å². The molecule has 5 heteroatoms. The number of rotatable bonds is 7. The van der Waals surface area contributed by atoms with Crippen LogP contribution < -0.4 is 5.32 Å². The molecule has 2 heterocycles. The van der Waals surface area contributed by atoms with Gasteiger partial charge in [0.25, 0.3) is 0 Å². The van der Waals surface area contributed by atoms with Gasteiger partial charge in [0.15, 0.2) is 0 Å². The van der Waals surface area contributed by atoms with Crippen molar-refractivity contribution in [2.24, 2.45) is 7.05 Å². The lowest BCUT2D eigenvalue weighted by atomic mass is 10.00. The normalized spacial score (nSPS) is 16.8. The van der Waals surface area contributed by atoms with E-state index in [1.54, 1.807) is 0 Å². The predicted octanol–water partition coefficient (Wildman–Crippen LogP) is 3.26. The van der Waals surface area contributed by atoms with Crippen molar-refractivity contribution in [3.8, 4) is 0 Å². The summed E-state index contributed by atoms with van der Waals surface area (Å²) < 4.78 is 1.85. The maximum absolute atomic E-state index is 9.77. The summed E-state index contributed by atoms with van der Waals surface area (Å²) in [5.74, 6) is 0. The number of aryl methyl sites for hydroxylation is 1. The van der Waals surface area contributed by atoms with Crippen LogP contribution in [0.2, 0.25) is 0 Å². The van der Waals surface area contributed by atoms with E-state index in [4.69, 9.17) is 0 Å². The number of aromatic nitrogens is 2. The minimum Gasteiger partial charge on any atom is -0.393 e. The monoisotopic (exact) mass is 390 g/mol. The second-order valence-corrected chi connectivity index (χ2v) is 7.95. The molecule has 2 N–H and O–H groups in total. The number of hydrogen-bond acceptors (Lipinski definition) is 4. The number of aliphatic hydroxyl groups excluding tert-OH is 1. The van der Waals surface area contributed by atoms with Crippen LogP contribution in [0.5, 0.6) is 0 Å². The van der Waals surface area contributed by atoms with Crippen molar-refractivity contribution < 1.29 is 5.11 Å². The Morgan fingerprint density at radius 3 is 2.38 bits per heavy atom. The maximum Gasteiger partial charge on any atom is 0.0610 e. The summed E-state index contributed by atoms with van der Waals surface area (Å²) in [5, 5.41) is 17.9. The molecule has 0 saturated carbocycles. The van der Waals surface area contributed by atoms with Crippen LogP contribution in [0.25, 0.3) is 0 Å². The van der Waals surface area contributed by atoms with E-state index in [1.165, 1.54) is 22.3 Å². The van der Waals surface area contributed by atoms with Crippen molar-refractivity contribution >= 4 is 0 Å². The number of aliphatic hydroxyl groups is 1. The molecular weight excluding hydrogens is 360 g/mol. The highest BCUT2D eigenvalue weighted by molar-refractivity contribution is 5.31. The molecule has 0 bridgehead atoms. The zero-order valence-corrected chi connectivity index (χ0v) is 17.0. The third-order valence-electron chi connectivity index (χ3n) is 5.76. The molecule has 4 rings (SSSR count). The summed E-state index contributed by atoms with van der Waals surface area (Å²) in [5.41, 5.74) is 5.09. The average molecular weight is 391 g/mol. The molecule has 152 valence electrons. The number of nitrogens with zero attached hydrogens (tertiary/aromatic N) is 3. The second kappa shape index (κ2) is 9.35. The first-order chi connectivity index (χ1) is 14.2. The minimum absolute atomic E-state index is 0.100. The van der Waals surface area contributed by atoms with E-state index in [0.29, 0.717) is 0 Å². The Bertz CT molecular complexity index is 900. The van der Waals surface area contributed by atoms with Crippen LogP contribution in [-0.4, -0.2) is 39.0 Å². The maximum atomic E-state index is 9.77. The Labute approximate surface area is 173 Å². The molecule has 1 saturated heterocycles. The highest BCUT2D eigenvalue weighted by Crippen LogP contribution is 2.23. The van der Waals surface area contributed by atoms with Crippen LogP contribution in [0.1, 0.15) is 41.1 Å². The summed E-state index contributed by atoms with van der Waals surface area (Å²) >= 11 is 0. The van der Waals surface area contributed by atoms with E-state index >= 15 is 0 Å². The van der Waals surface area contributed by atoms with Gasteiger partial charge in [0.2, 0.25) is 0 Å². The SMILES string of the molecule is Cn1cc(C(NCc2ccccc2CN2CCC(O)CC2)c2ccccc2)cn1. The van der Waals surface area contributed by atoms with Crippen molar-refractivity contribution in [3.05, 3.63) is 89.2 Å². The van der Waals surface area contributed by atoms with E-state index in [0.717, 1.165) is 39.0 Å². The van der Waals surface area contributed by atoms with Gasteiger partial charge in [-0.25, -0.2) is 0 Å². The Hall–Kier alpha value is -2.47. The molecule has 1 unspecified atom stereocenters.